The molecule has 1 atom stereocenters. The molecule has 10 nitrogen and oxygen atoms in total. The normalized spacial score (nSPS) is 22.5. The number of sulfonamides is 1. The van der Waals surface area contributed by atoms with Crippen LogP contribution in [-0.2, 0) is 40.5 Å². The Balaban J connectivity index is 1.17. The van der Waals surface area contributed by atoms with Gasteiger partial charge in [0.1, 0.15) is 0 Å². The number of carbonyl (C=O) groups is 1. The van der Waals surface area contributed by atoms with Crippen LogP contribution in [0.2, 0.25) is 0 Å². The molecule has 3 fully saturated rings. The summed E-state index contributed by atoms with van der Waals surface area (Å²) >= 11 is 1.22. The van der Waals surface area contributed by atoms with Crippen molar-refractivity contribution in [3.63, 3.8) is 0 Å². The molecule has 1 amide bonds. The Morgan fingerprint density at radius 2 is 1.73 bits per heavy atom. The SMILES string of the molecule is CS(=O)(=O)N1CCc2c(c(-c3ccc(C(F)(F)F)c(SCCN4CCCCC4)c3)nn2CCCN2CCC(N3CC(O)CC3=O)CC2)C1. The summed E-state index contributed by atoms with van der Waals surface area (Å²) in [6.07, 6.45) is 2.81. The van der Waals surface area contributed by atoms with E-state index in [1.54, 1.807) is 6.07 Å². The van der Waals surface area contributed by atoms with Crippen LogP contribution in [0.25, 0.3) is 11.3 Å². The fourth-order valence-corrected chi connectivity index (χ4v) is 9.53. The van der Waals surface area contributed by atoms with Gasteiger partial charge in [-0.05, 0) is 63.9 Å². The first-order valence-electron chi connectivity index (χ1n) is 17.2. The first-order valence-corrected chi connectivity index (χ1v) is 20.0. The number of aliphatic hydroxyl groups is 1. The van der Waals surface area contributed by atoms with E-state index in [1.165, 1.54) is 34.8 Å². The number of halogens is 3. The van der Waals surface area contributed by atoms with Crippen molar-refractivity contribution >= 4 is 27.7 Å². The number of fused-ring (bicyclic) bond motifs is 1. The molecule has 0 saturated carbocycles. The molecule has 2 aromatic rings. The van der Waals surface area contributed by atoms with Crippen molar-refractivity contribution in [2.24, 2.45) is 0 Å². The molecule has 3 saturated heterocycles. The standard InChI is InChI=1S/C33H47F3N6O4S2/c1-48(45,46)40-17-10-29-27(23-40)32(24-6-7-28(33(34,35)36)30(20-24)47-19-18-38-11-3-2-4-12-38)37-42(29)14-5-13-39-15-8-25(9-16-39)41-22-26(43)21-31(41)44/h6-7,20,25-26,43H,2-5,8-19,21-23H2,1H3. The van der Waals surface area contributed by atoms with E-state index in [9.17, 15) is 31.5 Å². The molecule has 0 radical (unpaired) electrons. The second kappa shape index (κ2) is 15.0. The van der Waals surface area contributed by atoms with E-state index in [2.05, 4.69) is 9.80 Å². The summed E-state index contributed by atoms with van der Waals surface area (Å²) in [4.78, 5) is 18.9. The smallest absolute Gasteiger partial charge is 0.391 e. The lowest BCUT2D eigenvalue weighted by Crippen LogP contribution is -2.46. The minimum atomic E-state index is -4.49. The second-order valence-electron chi connectivity index (χ2n) is 13.6. The highest BCUT2D eigenvalue weighted by Crippen LogP contribution is 2.40. The number of carbonyl (C=O) groups excluding carboxylic acids is 1. The Morgan fingerprint density at radius 3 is 2.40 bits per heavy atom. The second-order valence-corrected chi connectivity index (χ2v) is 16.8. The summed E-state index contributed by atoms with van der Waals surface area (Å²) in [7, 11) is -3.47. The Labute approximate surface area is 285 Å². The van der Waals surface area contributed by atoms with Gasteiger partial charge in [-0.1, -0.05) is 12.5 Å². The topological polar surface area (TPSA) is 102 Å². The maximum absolute atomic E-state index is 14.1. The summed E-state index contributed by atoms with van der Waals surface area (Å²) in [6.45, 7) is 6.75. The maximum atomic E-state index is 14.1. The van der Waals surface area contributed by atoms with Gasteiger partial charge in [0.25, 0.3) is 0 Å². The van der Waals surface area contributed by atoms with Crippen LogP contribution in [-0.4, -0.2) is 125 Å². The van der Waals surface area contributed by atoms with Gasteiger partial charge in [0, 0.05) is 85.7 Å². The van der Waals surface area contributed by atoms with E-state index < -0.39 is 27.9 Å². The number of alkyl halides is 3. The first kappa shape index (κ1) is 35.6. The van der Waals surface area contributed by atoms with E-state index in [1.807, 2.05) is 9.58 Å². The molecule has 4 aliphatic heterocycles. The summed E-state index contributed by atoms with van der Waals surface area (Å²) in [5.74, 6) is 0.583. The van der Waals surface area contributed by atoms with Crippen LogP contribution >= 0.6 is 11.8 Å². The van der Waals surface area contributed by atoms with Gasteiger partial charge >= 0.3 is 6.18 Å². The third-order valence-corrected chi connectivity index (χ3v) is 12.5. The zero-order valence-electron chi connectivity index (χ0n) is 27.6. The van der Waals surface area contributed by atoms with Crippen LogP contribution < -0.4 is 0 Å². The van der Waals surface area contributed by atoms with Gasteiger partial charge in [0.15, 0.2) is 0 Å². The van der Waals surface area contributed by atoms with Gasteiger partial charge in [-0.3, -0.25) is 9.48 Å². The Bertz CT molecular complexity index is 1550. The number of thioether (sulfide) groups is 1. The number of aryl methyl sites for hydroxylation is 1. The highest BCUT2D eigenvalue weighted by molar-refractivity contribution is 7.99. The van der Waals surface area contributed by atoms with Gasteiger partial charge in [0.2, 0.25) is 15.9 Å². The van der Waals surface area contributed by atoms with Gasteiger partial charge < -0.3 is 19.8 Å². The lowest BCUT2D eigenvalue weighted by Gasteiger charge is -2.36. The third-order valence-electron chi connectivity index (χ3n) is 10.2. The van der Waals surface area contributed by atoms with Crippen molar-refractivity contribution in [1.82, 2.24) is 28.8 Å². The average molecular weight is 713 g/mol. The zero-order valence-corrected chi connectivity index (χ0v) is 29.3. The number of piperidine rings is 2. The van der Waals surface area contributed by atoms with E-state index >= 15 is 0 Å². The third kappa shape index (κ3) is 8.40. The largest absolute Gasteiger partial charge is 0.417 e. The van der Waals surface area contributed by atoms with Gasteiger partial charge in [-0.25, -0.2) is 8.42 Å². The number of amides is 1. The first-order chi connectivity index (χ1) is 22.9. The molecule has 48 heavy (non-hydrogen) atoms. The summed E-state index contributed by atoms with van der Waals surface area (Å²) in [5.41, 5.74) is 2.15. The molecule has 1 aromatic heterocycles. The molecule has 15 heteroatoms. The minimum Gasteiger partial charge on any atom is -0.391 e. The molecule has 6 rings (SSSR count). The van der Waals surface area contributed by atoms with E-state index in [0.717, 1.165) is 88.7 Å². The molecule has 0 bridgehead atoms. The highest BCUT2D eigenvalue weighted by atomic mass is 32.2. The van der Waals surface area contributed by atoms with Crippen molar-refractivity contribution in [2.45, 2.75) is 87.7 Å². The number of aliphatic hydroxyl groups excluding tert-OH is 1. The predicted molar refractivity (Wildman–Crippen MR) is 179 cm³/mol. The lowest BCUT2D eigenvalue weighted by molar-refractivity contribution is -0.139. The number of β-amino-alcohol motifs (C(OH)–C–C–N with tert-alkyl or cyclic N) is 1. The fraction of sp³-hybridized carbons (Fsp3) is 0.697. The van der Waals surface area contributed by atoms with Crippen LogP contribution in [0.5, 0.6) is 0 Å². The van der Waals surface area contributed by atoms with Crippen LogP contribution in [0.4, 0.5) is 13.2 Å². The monoisotopic (exact) mass is 712 g/mol. The highest BCUT2D eigenvalue weighted by Gasteiger charge is 2.36. The quantitative estimate of drug-likeness (QED) is 0.351. The summed E-state index contributed by atoms with van der Waals surface area (Å²) in [6, 6.07) is 4.37. The number of aromatic nitrogens is 2. The zero-order chi connectivity index (χ0) is 34.1. The van der Waals surface area contributed by atoms with Gasteiger partial charge in [-0.15, -0.1) is 11.8 Å². The lowest BCUT2D eigenvalue weighted by atomic mass is 10.0. The Kier molecular flexibility index (Phi) is 11.1. The molecule has 0 aliphatic carbocycles. The Morgan fingerprint density at radius 1 is 1.00 bits per heavy atom. The predicted octanol–water partition coefficient (Wildman–Crippen LogP) is 3.91. The summed E-state index contributed by atoms with van der Waals surface area (Å²) in [5, 5.41) is 14.8. The van der Waals surface area contributed by atoms with Crippen LogP contribution in [0, 0.1) is 0 Å². The van der Waals surface area contributed by atoms with Crippen molar-refractivity contribution in [1.29, 1.82) is 0 Å². The van der Waals surface area contributed by atoms with Crippen molar-refractivity contribution in [2.75, 3.05) is 64.4 Å². The van der Waals surface area contributed by atoms with Crippen LogP contribution in [0.3, 0.4) is 0 Å². The van der Waals surface area contributed by atoms with E-state index in [0.29, 0.717) is 43.1 Å². The number of rotatable bonds is 11. The van der Waals surface area contributed by atoms with Crippen molar-refractivity contribution in [3.05, 3.63) is 35.0 Å². The van der Waals surface area contributed by atoms with Gasteiger partial charge in [-0.2, -0.15) is 22.6 Å². The number of benzene rings is 1. The summed E-state index contributed by atoms with van der Waals surface area (Å²) < 4.78 is 70.7. The Hall–Kier alpha value is -2.17. The van der Waals surface area contributed by atoms with Crippen LogP contribution in [0.1, 0.15) is 61.8 Å². The van der Waals surface area contributed by atoms with Gasteiger partial charge in [0.05, 0.1) is 30.0 Å². The molecule has 4 aliphatic rings. The number of likely N-dealkylation sites (tertiary alicyclic amines) is 3. The molecule has 0 spiro atoms. The fourth-order valence-electron chi connectivity index (χ4n) is 7.62. The average Bonchev–Trinajstić information content (AvgIpc) is 3.59. The van der Waals surface area contributed by atoms with Crippen LogP contribution in [0.15, 0.2) is 23.1 Å². The van der Waals surface area contributed by atoms with E-state index in [4.69, 9.17) is 5.10 Å². The number of hydrogen-bond acceptors (Lipinski definition) is 8. The molecular formula is C33H47F3N6O4S2. The molecule has 1 N–H and O–H groups in total. The molecule has 266 valence electrons. The minimum absolute atomic E-state index is 0.0332. The molecule has 5 heterocycles. The molecule has 1 aromatic carbocycles. The molecular weight excluding hydrogens is 666 g/mol. The number of hydrogen-bond donors (Lipinski definition) is 1. The molecule has 1 unspecified atom stereocenters. The maximum Gasteiger partial charge on any atom is 0.417 e. The van der Waals surface area contributed by atoms with Crippen molar-refractivity contribution < 1.29 is 31.5 Å². The van der Waals surface area contributed by atoms with Crippen molar-refractivity contribution in [3.8, 4) is 11.3 Å². The number of nitrogens with zero attached hydrogens (tertiary/aromatic N) is 6. The van der Waals surface area contributed by atoms with E-state index in [-0.39, 0.29) is 29.8 Å².